The van der Waals surface area contributed by atoms with E-state index in [-0.39, 0.29) is 0 Å². The van der Waals surface area contributed by atoms with Crippen LogP contribution >= 0.6 is 11.8 Å². The summed E-state index contributed by atoms with van der Waals surface area (Å²) in [6.07, 6.45) is 6.47. The van der Waals surface area contributed by atoms with Crippen molar-refractivity contribution in [1.29, 1.82) is 0 Å². The highest BCUT2D eigenvalue weighted by Crippen LogP contribution is 2.25. The lowest BCUT2D eigenvalue weighted by atomic mass is 10.2. The molecule has 0 aliphatic carbocycles. The number of thioether (sulfide) groups is 1. The molecule has 0 bridgehead atoms. The first kappa shape index (κ1) is 18.5. The average Bonchev–Trinajstić information content (AvgIpc) is 3.30. The van der Waals surface area contributed by atoms with Crippen molar-refractivity contribution in [2.75, 3.05) is 13.7 Å². The van der Waals surface area contributed by atoms with Gasteiger partial charge in [-0.2, -0.15) is 4.98 Å². The van der Waals surface area contributed by atoms with E-state index in [9.17, 15) is 0 Å². The molecule has 0 saturated heterocycles. The third-order valence-electron chi connectivity index (χ3n) is 3.76. The van der Waals surface area contributed by atoms with Crippen LogP contribution in [0.4, 0.5) is 0 Å². The van der Waals surface area contributed by atoms with Crippen LogP contribution in [-0.2, 0) is 23.5 Å². The zero-order chi connectivity index (χ0) is 18.2. The van der Waals surface area contributed by atoms with Gasteiger partial charge in [-0.15, -0.1) is 10.2 Å². The molecular formula is C17H22N6O2S. The Morgan fingerprint density at radius 2 is 2.08 bits per heavy atom. The fraction of sp³-hybridized carbons (Fsp3) is 0.471. The second-order valence-corrected chi connectivity index (χ2v) is 6.63. The summed E-state index contributed by atoms with van der Waals surface area (Å²) in [7, 11) is 1.68. The van der Waals surface area contributed by atoms with Crippen LogP contribution in [0.3, 0.4) is 0 Å². The minimum atomic E-state index is 0.576. The SMILES string of the molecule is CCCCc1nc(CSc2nnc(-c3ccncc3)n2CCOC)no1. The summed E-state index contributed by atoms with van der Waals surface area (Å²) in [5, 5.41) is 13.5. The van der Waals surface area contributed by atoms with Crippen LogP contribution < -0.4 is 0 Å². The van der Waals surface area contributed by atoms with Gasteiger partial charge >= 0.3 is 0 Å². The number of aryl methyl sites for hydroxylation is 1. The number of methoxy groups -OCH3 is 1. The Labute approximate surface area is 156 Å². The smallest absolute Gasteiger partial charge is 0.226 e. The molecule has 0 saturated carbocycles. The van der Waals surface area contributed by atoms with E-state index in [1.807, 2.05) is 16.7 Å². The maximum atomic E-state index is 5.28. The Morgan fingerprint density at radius 3 is 2.85 bits per heavy atom. The number of hydrogen-bond donors (Lipinski definition) is 0. The minimum absolute atomic E-state index is 0.576. The van der Waals surface area contributed by atoms with Gasteiger partial charge in [0.1, 0.15) is 0 Å². The number of ether oxygens (including phenoxy) is 1. The van der Waals surface area contributed by atoms with Gasteiger partial charge < -0.3 is 9.26 Å². The quantitative estimate of drug-likeness (QED) is 0.500. The van der Waals surface area contributed by atoms with Crippen molar-refractivity contribution in [2.45, 2.75) is 43.6 Å². The van der Waals surface area contributed by atoms with E-state index in [1.165, 1.54) is 11.8 Å². The lowest BCUT2D eigenvalue weighted by Gasteiger charge is -2.09. The largest absolute Gasteiger partial charge is 0.383 e. The van der Waals surface area contributed by atoms with Crippen molar-refractivity contribution in [1.82, 2.24) is 29.9 Å². The summed E-state index contributed by atoms with van der Waals surface area (Å²) < 4.78 is 12.6. The number of hydrogen-bond acceptors (Lipinski definition) is 8. The van der Waals surface area contributed by atoms with E-state index in [0.29, 0.717) is 30.6 Å². The van der Waals surface area contributed by atoms with Gasteiger partial charge in [0.05, 0.1) is 18.9 Å². The van der Waals surface area contributed by atoms with E-state index in [4.69, 9.17) is 9.26 Å². The van der Waals surface area contributed by atoms with Gasteiger partial charge in [0.15, 0.2) is 16.8 Å². The van der Waals surface area contributed by atoms with E-state index in [1.54, 1.807) is 19.5 Å². The van der Waals surface area contributed by atoms with Crippen LogP contribution in [0, 0.1) is 0 Å². The Balaban J connectivity index is 1.72. The molecule has 138 valence electrons. The number of unbranched alkanes of at least 4 members (excludes halogenated alkanes) is 1. The van der Waals surface area contributed by atoms with Crippen LogP contribution in [0.2, 0.25) is 0 Å². The summed E-state index contributed by atoms with van der Waals surface area (Å²) in [5.41, 5.74) is 0.969. The molecule has 3 aromatic heterocycles. The lowest BCUT2D eigenvalue weighted by molar-refractivity contribution is 0.185. The van der Waals surface area contributed by atoms with Crippen LogP contribution in [0.1, 0.15) is 31.5 Å². The summed E-state index contributed by atoms with van der Waals surface area (Å²) in [6.45, 7) is 3.38. The Kier molecular flexibility index (Phi) is 6.73. The Bertz CT molecular complexity index is 805. The number of nitrogens with zero attached hydrogens (tertiary/aromatic N) is 6. The van der Waals surface area contributed by atoms with E-state index in [2.05, 4.69) is 32.2 Å². The molecule has 0 fully saturated rings. The molecule has 0 N–H and O–H groups in total. The van der Waals surface area contributed by atoms with Crippen molar-refractivity contribution in [3.05, 3.63) is 36.2 Å². The molecule has 3 aromatic rings. The highest BCUT2D eigenvalue weighted by molar-refractivity contribution is 7.98. The molecule has 8 nitrogen and oxygen atoms in total. The summed E-state index contributed by atoms with van der Waals surface area (Å²) in [6, 6.07) is 3.84. The summed E-state index contributed by atoms with van der Waals surface area (Å²) in [4.78, 5) is 8.49. The molecule has 0 atom stereocenters. The Morgan fingerprint density at radius 1 is 1.23 bits per heavy atom. The molecule has 0 aliphatic heterocycles. The molecule has 3 rings (SSSR count). The van der Waals surface area contributed by atoms with Gasteiger partial charge in [0.2, 0.25) is 5.89 Å². The maximum absolute atomic E-state index is 5.28. The number of aromatic nitrogens is 6. The second kappa shape index (κ2) is 9.44. The van der Waals surface area contributed by atoms with Crippen molar-refractivity contribution in [3.63, 3.8) is 0 Å². The lowest BCUT2D eigenvalue weighted by Crippen LogP contribution is -2.07. The zero-order valence-electron chi connectivity index (χ0n) is 15.0. The second-order valence-electron chi connectivity index (χ2n) is 5.68. The van der Waals surface area contributed by atoms with E-state index >= 15 is 0 Å². The van der Waals surface area contributed by atoms with Crippen molar-refractivity contribution in [2.24, 2.45) is 0 Å². The van der Waals surface area contributed by atoms with Gasteiger partial charge in [-0.3, -0.25) is 9.55 Å². The molecule has 26 heavy (non-hydrogen) atoms. The van der Waals surface area contributed by atoms with Gasteiger partial charge in [-0.1, -0.05) is 30.3 Å². The predicted molar refractivity (Wildman–Crippen MR) is 97.6 cm³/mol. The van der Waals surface area contributed by atoms with E-state index < -0.39 is 0 Å². The van der Waals surface area contributed by atoms with Crippen molar-refractivity contribution >= 4 is 11.8 Å². The minimum Gasteiger partial charge on any atom is -0.383 e. The van der Waals surface area contributed by atoms with Gasteiger partial charge in [0.25, 0.3) is 0 Å². The monoisotopic (exact) mass is 374 g/mol. The molecule has 0 spiro atoms. The van der Waals surface area contributed by atoms with Gasteiger partial charge in [0, 0.05) is 31.5 Å². The topological polar surface area (TPSA) is 91.8 Å². The Hall–Kier alpha value is -2.26. The first-order valence-corrected chi connectivity index (χ1v) is 9.57. The van der Waals surface area contributed by atoms with Gasteiger partial charge in [-0.05, 0) is 18.6 Å². The first-order valence-electron chi connectivity index (χ1n) is 8.58. The predicted octanol–water partition coefficient (Wildman–Crippen LogP) is 3.00. The molecule has 0 amide bonds. The van der Waals surface area contributed by atoms with Gasteiger partial charge in [-0.25, -0.2) is 0 Å². The van der Waals surface area contributed by atoms with Crippen LogP contribution in [0.15, 0.2) is 34.2 Å². The molecule has 0 radical (unpaired) electrons. The molecule has 3 heterocycles. The summed E-state index contributed by atoms with van der Waals surface area (Å²) in [5.74, 6) is 2.74. The standard InChI is InChI=1S/C17H22N6O2S/c1-3-4-5-15-19-14(22-25-15)12-26-17-21-20-16(23(17)10-11-24-2)13-6-8-18-9-7-13/h6-9H,3-5,10-12H2,1-2H3. The zero-order valence-corrected chi connectivity index (χ0v) is 15.8. The fourth-order valence-corrected chi connectivity index (χ4v) is 3.21. The molecular weight excluding hydrogens is 352 g/mol. The molecule has 0 unspecified atom stereocenters. The van der Waals surface area contributed by atoms with E-state index in [0.717, 1.165) is 35.8 Å². The maximum Gasteiger partial charge on any atom is 0.226 e. The number of rotatable bonds is 10. The number of pyridine rings is 1. The first-order chi connectivity index (χ1) is 12.8. The third kappa shape index (κ3) is 4.67. The average molecular weight is 374 g/mol. The summed E-state index contributed by atoms with van der Waals surface area (Å²) >= 11 is 1.54. The highest BCUT2D eigenvalue weighted by atomic mass is 32.2. The molecule has 0 aliphatic rings. The fourth-order valence-electron chi connectivity index (χ4n) is 2.40. The normalized spacial score (nSPS) is 11.2. The molecule has 0 aromatic carbocycles. The highest BCUT2D eigenvalue weighted by Gasteiger charge is 2.15. The van der Waals surface area contributed by atoms with Crippen LogP contribution in [0.25, 0.3) is 11.4 Å². The van der Waals surface area contributed by atoms with Crippen molar-refractivity contribution < 1.29 is 9.26 Å². The van der Waals surface area contributed by atoms with Crippen LogP contribution in [-0.4, -0.2) is 43.6 Å². The third-order valence-corrected chi connectivity index (χ3v) is 4.72. The molecule has 9 heteroatoms. The van der Waals surface area contributed by atoms with Crippen molar-refractivity contribution in [3.8, 4) is 11.4 Å². The van der Waals surface area contributed by atoms with Crippen LogP contribution in [0.5, 0.6) is 0 Å².